The van der Waals surface area contributed by atoms with Gasteiger partial charge in [0.2, 0.25) is 5.89 Å². The van der Waals surface area contributed by atoms with E-state index >= 15 is 0 Å². The van der Waals surface area contributed by atoms with Gasteiger partial charge in [-0.15, -0.1) is 0 Å². The number of halogens is 4. The van der Waals surface area contributed by atoms with Crippen molar-refractivity contribution in [3.63, 3.8) is 0 Å². The number of carboxylic acids is 1. The maximum Gasteiger partial charge on any atom is 0.435 e. The van der Waals surface area contributed by atoms with Crippen molar-refractivity contribution in [3.8, 4) is 17.4 Å². The van der Waals surface area contributed by atoms with Crippen LogP contribution in [0, 0.1) is 6.92 Å². The SMILES string of the molecule is CO/N=C(\C(=O)O)c1cc(C)c2nc(-c3cc(C(F)(F)F)nn3-c3ncccc3Cl)oc(=O)c2c1. The Morgan fingerprint density at radius 2 is 2.03 bits per heavy atom. The lowest BCUT2D eigenvalue weighted by atomic mass is 10.0. The van der Waals surface area contributed by atoms with Gasteiger partial charge in [0.15, 0.2) is 17.2 Å². The van der Waals surface area contributed by atoms with Gasteiger partial charge in [0.25, 0.3) is 0 Å². The van der Waals surface area contributed by atoms with E-state index in [1.165, 1.54) is 37.4 Å². The van der Waals surface area contributed by atoms with E-state index in [1.54, 1.807) is 0 Å². The van der Waals surface area contributed by atoms with Crippen molar-refractivity contribution in [1.82, 2.24) is 19.7 Å². The number of aliphatic carboxylic acids is 1. The molecule has 0 radical (unpaired) electrons. The van der Waals surface area contributed by atoms with Crippen molar-refractivity contribution < 1.29 is 32.3 Å². The molecule has 1 N–H and O–H groups in total. The van der Waals surface area contributed by atoms with Crippen LogP contribution in [-0.4, -0.2) is 43.6 Å². The Hall–Kier alpha value is -4.26. The van der Waals surface area contributed by atoms with Crippen LogP contribution in [0.5, 0.6) is 0 Å². The highest BCUT2D eigenvalue weighted by Gasteiger charge is 2.36. The van der Waals surface area contributed by atoms with Gasteiger partial charge in [-0.3, -0.25) is 0 Å². The minimum atomic E-state index is -4.82. The zero-order valence-corrected chi connectivity index (χ0v) is 18.5. The first-order valence-electron chi connectivity index (χ1n) is 9.60. The normalized spacial score (nSPS) is 12.2. The zero-order chi connectivity index (χ0) is 25.5. The molecular formula is C21H13ClF3N5O5. The number of oxime groups is 1. The van der Waals surface area contributed by atoms with Gasteiger partial charge in [-0.25, -0.2) is 24.2 Å². The summed E-state index contributed by atoms with van der Waals surface area (Å²) in [6.07, 6.45) is -3.52. The van der Waals surface area contributed by atoms with E-state index in [1.807, 2.05) is 0 Å². The maximum absolute atomic E-state index is 13.4. The van der Waals surface area contributed by atoms with E-state index in [0.29, 0.717) is 11.6 Å². The molecule has 4 rings (SSSR count). The molecule has 0 fully saturated rings. The number of benzene rings is 1. The van der Waals surface area contributed by atoms with Gasteiger partial charge in [0.1, 0.15) is 12.8 Å². The van der Waals surface area contributed by atoms with Crippen molar-refractivity contribution in [2.24, 2.45) is 5.16 Å². The summed E-state index contributed by atoms with van der Waals surface area (Å²) in [6, 6.07) is 6.11. The summed E-state index contributed by atoms with van der Waals surface area (Å²) < 4.78 is 46.3. The fourth-order valence-electron chi connectivity index (χ4n) is 3.27. The van der Waals surface area contributed by atoms with Crippen LogP contribution in [0.15, 0.2) is 50.9 Å². The Labute approximate surface area is 198 Å². The highest BCUT2D eigenvalue weighted by molar-refractivity contribution is 6.42. The largest absolute Gasteiger partial charge is 0.476 e. The minimum absolute atomic E-state index is 0.00633. The van der Waals surface area contributed by atoms with Crippen LogP contribution in [0.3, 0.4) is 0 Å². The fraction of sp³-hybridized carbons (Fsp3) is 0.143. The molecule has 14 heteroatoms. The van der Waals surface area contributed by atoms with Crippen LogP contribution in [0.1, 0.15) is 16.8 Å². The number of pyridine rings is 1. The Bertz CT molecular complexity index is 1560. The Morgan fingerprint density at radius 1 is 1.29 bits per heavy atom. The molecule has 3 aromatic heterocycles. The van der Waals surface area contributed by atoms with Crippen LogP contribution in [-0.2, 0) is 15.8 Å². The van der Waals surface area contributed by atoms with Crippen molar-refractivity contribution in [1.29, 1.82) is 0 Å². The molecule has 1 aromatic carbocycles. The highest BCUT2D eigenvalue weighted by atomic mass is 35.5. The lowest BCUT2D eigenvalue weighted by Gasteiger charge is -2.09. The van der Waals surface area contributed by atoms with Gasteiger partial charge >= 0.3 is 17.8 Å². The van der Waals surface area contributed by atoms with E-state index in [9.17, 15) is 27.9 Å². The lowest BCUT2D eigenvalue weighted by Crippen LogP contribution is -2.16. The Morgan fingerprint density at radius 3 is 2.66 bits per heavy atom. The number of carbonyl (C=O) groups is 1. The van der Waals surface area contributed by atoms with Gasteiger partial charge in [-0.05, 0) is 36.8 Å². The van der Waals surface area contributed by atoms with Crippen LogP contribution in [0.4, 0.5) is 13.2 Å². The molecule has 0 aliphatic heterocycles. The van der Waals surface area contributed by atoms with E-state index < -0.39 is 35.1 Å². The van der Waals surface area contributed by atoms with Crippen molar-refractivity contribution in [2.75, 3.05) is 7.11 Å². The van der Waals surface area contributed by atoms with Crippen molar-refractivity contribution in [3.05, 3.63) is 68.8 Å². The van der Waals surface area contributed by atoms with E-state index in [0.717, 1.165) is 11.8 Å². The second kappa shape index (κ2) is 8.83. The Balaban J connectivity index is 1.97. The highest BCUT2D eigenvalue weighted by Crippen LogP contribution is 2.34. The molecule has 0 saturated carbocycles. The summed E-state index contributed by atoms with van der Waals surface area (Å²) in [7, 11) is 1.16. The summed E-state index contributed by atoms with van der Waals surface area (Å²) in [5.74, 6) is -2.03. The number of alkyl halides is 3. The summed E-state index contributed by atoms with van der Waals surface area (Å²) in [6.45, 7) is 1.53. The minimum Gasteiger partial charge on any atom is -0.476 e. The molecule has 3 heterocycles. The molecule has 0 aliphatic rings. The molecular weight excluding hydrogens is 495 g/mol. The molecule has 0 amide bonds. The van der Waals surface area contributed by atoms with Gasteiger partial charge in [-0.2, -0.15) is 18.3 Å². The van der Waals surface area contributed by atoms with Crippen LogP contribution in [0.2, 0.25) is 5.02 Å². The standard InChI is InChI=1S/C21H13ClF3N5O5/c1-9-6-10(16(19(31)32)29-34-2)7-11-15(9)27-18(35-20(11)33)13-8-14(21(23,24)25)28-30(13)17-12(22)4-3-5-26-17/h3-8H,1-2H3,(H,31,32)/b29-16-. The first-order chi connectivity index (χ1) is 16.5. The monoisotopic (exact) mass is 507 g/mol. The number of rotatable bonds is 5. The third-order valence-corrected chi connectivity index (χ3v) is 5.04. The number of hydrogen-bond donors (Lipinski definition) is 1. The summed E-state index contributed by atoms with van der Waals surface area (Å²) in [5, 5.41) is 16.2. The average molecular weight is 508 g/mol. The molecule has 0 aliphatic carbocycles. The lowest BCUT2D eigenvalue weighted by molar-refractivity contribution is -0.141. The molecule has 10 nitrogen and oxygen atoms in total. The Kier molecular flexibility index (Phi) is 6.03. The topological polar surface area (TPSA) is 133 Å². The van der Waals surface area contributed by atoms with Gasteiger partial charge in [-0.1, -0.05) is 16.8 Å². The molecule has 0 saturated heterocycles. The van der Waals surface area contributed by atoms with E-state index in [4.69, 9.17) is 16.0 Å². The fourth-order valence-corrected chi connectivity index (χ4v) is 3.47. The molecule has 0 atom stereocenters. The van der Waals surface area contributed by atoms with Gasteiger partial charge < -0.3 is 14.4 Å². The first-order valence-corrected chi connectivity index (χ1v) is 9.98. The first kappa shape index (κ1) is 23.9. The van der Waals surface area contributed by atoms with Crippen LogP contribution >= 0.6 is 11.6 Å². The number of aryl methyl sites for hydroxylation is 1. The third kappa shape index (κ3) is 4.45. The second-order valence-corrected chi connectivity index (χ2v) is 7.46. The van der Waals surface area contributed by atoms with Gasteiger partial charge in [0.05, 0.1) is 15.9 Å². The number of carboxylic acid groups (broad SMARTS) is 1. The molecule has 180 valence electrons. The predicted molar refractivity (Wildman–Crippen MR) is 117 cm³/mol. The van der Waals surface area contributed by atoms with Gasteiger partial charge in [0, 0.05) is 17.8 Å². The quantitative estimate of drug-likeness (QED) is 0.318. The van der Waals surface area contributed by atoms with Crippen molar-refractivity contribution >= 4 is 34.2 Å². The zero-order valence-electron chi connectivity index (χ0n) is 17.8. The number of aromatic nitrogens is 4. The van der Waals surface area contributed by atoms with E-state index in [-0.39, 0.29) is 33.0 Å². The third-order valence-electron chi connectivity index (χ3n) is 4.74. The molecule has 0 spiro atoms. The smallest absolute Gasteiger partial charge is 0.435 e. The molecule has 4 aromatic rings. The molecule has 0 unspecified atom stereocenters. The summed E-state index contributed by atoms with van der Waals surface area (Å²) in [5.41, 5.74) is -2.63. The second-order valence-electron chi connectivity index (χ2n) is 7.06. The summed E-state index contributed by atoms with van der Waals surface area (Å²) in [4.78, 5) is 37.1. The molecule has 0 bridgehead atoms. The summed E-state index contributed by atoms with van der Waals surface area (Å²) >= 11 is 6.10. The number of nitrogens with zero attached hydrogens (tertiary/aromatic N) is 5. The van der Waals surface area contributed by atoms with Crippen molar-refractivity contribution in [2.45, 2.75) is 13.1 Å². The van der Waals surface area contributed by atoms with E-state index in [2.05, 4.69) is 25.1 Å². The van der Waals surface area contributed by atoms with Crippen LogP contribution < -0.4 is 5.63 Å². The molecule has 35 heavy (non-hydrogen) atoms. The number of hydrogen-bond acceptors (Lipinski definition) is 8. The maximum atomic E-state index is 13.4. The predicted octanol–water partition coefficient (Wildman–Crippen LogP) is 3.85. The average Bonchev–Trinajstić information content (AvgIpc) is 3.24. The number of fused-ring (bicyclic) bond motifs is 1. The van der Waals surface area contributed by atoms with Crippen LogP contribution in [0.25, 0.3) is 28.3 Å².